The Kier molecular flexibility index (Phi) is 5.67. The molecule has 0 unspecified atom stereocenters. The summed E-state index contributed by atoms with van der Waals surface area (Å²) in [6.45, 7) is 3.40. The van der Waals surface area contributed by atoms with Gasteiger partial charge < -0.3 is 4.57 Å². The standard InChI is InChI=1S/C22H25N5O2/c1-25-19(3-2-4-21(25)28)15-26-11-7-17(8-12-26)14-27-16-24-20(13-22(27)29)18-5-9-23-10-6-18/h2-6,9-10,13,16-17H,7-8,11-12,14-15H2,1H3. The molecule has 7 heteroatoms. The molecule has 7 nitrogen and oxygen atoms in total. The Hall–Kier alpha value is -3.06. The molecule has 0 spiro atoms. The molecule has 1 aliphatic rings. The second-order valence-corrected chi connectivity index (χ2v) is 7.63. The number of rotatable bonds is 5. The van der Waals surface area contributed by atoms with Gasteiger partial charge in [-0.3, -0.25) is 24.0 Å². The summed E-state index contributed by atoms with van der Waals surface area (Å²) in [5.41, 5.74) is 2.61. The van der Waals surface area contributed by atoms with Crippen LogP contribution in [0, 0.1) is 5.92 Å². The van der Waals surface area contributed by atoms with E-state index in [9.17, 15) is 9.59 Å². The van der Waals surface area contributed by atoms with Crippen molar-refractivity contribution in [2.24, 2.45) is 13.0 Å². The van der Waals surface area contributed by atoms with Crippen molar-refractivity contribution in [2.75, 3.05) is 13.1 Å². The van der Waals surface area contributed by atoms with E-state index in [2.05, 4.69) is 14.9 Å². The molecule has 0 atom stereocenters. The number of pyridine rings is 2. The summed E-state index contributed by atoms with van der Waals surface area (Å²) >= 11 is 0. The Balaban J connectivity index is 1.35. The Morgan fingerprint density at radius 3 is 2.52 bits per heavy atom. The van der Waals surface area contributed by atoms with E-state index in [0.29, 0.717) is 18.2 Å². The van der Waals surface area contributed by atoms with Gasteiger partial charge in [-0.05, 0) is 50.0 Å². The van der Waals surface area contributed by atoms with Gasteiger partial charge in [0.15, 0.2) is 0 Å². The highest BCUT2D eigenvalue weighted by Gasteiger charge is 2.20. The zero-order chi connectivity index (χ0) is 20.2. The monoisotopic (exact) mass is 391 g/mol. The Morgan fingerprint density at radius 2 is 1.79 bits per heavy atom. The third kappa shape index (κ3) is 4.51. The molecule has 1 fully saturated rings. The predicted molar refractivity (Wildman–Crippen MR) is 111 cm³/mol. The SMILES string of the molecule is Cn1c(CN2CCC(Cn3cnc(-c4ccncc4)cc3=O)CC2)cccc1=O. The van der Waals surface area contributed by atoms with E-state index >= 15 is 0 Å². The molecular formula is C22H25N5O2. The van der Waals surface area contributed by atoms with E-state index in [1.165, 1.54) is 0 Å². The number of piperidine rings is 1. The summed E-state index contributed by atoms with van der Waals surface area (Å²) in [4.78, 5) is 35.1. The number of aromatic nitrogens is 4. The molecule has 0 radical (unpaired) electrons. The molecule has 0 saturated carbocycles. The first-order valence-electron chi connectivity index (χ1n) is 9.94. The van der Waals surface area contributed by atoms with Gasteiger partial charge >= 0.3 is 0 Å². The van der Waals surface area contributed by atoms with Crippen molar-refractivity contribution in [3.63, 3.8) is 0 Å². The summed E-state index contributed by atoms with van der Waals surface area (Å²) < 4.78 is 3.42. The summed E-state index contributed by atoms with van der Waals surface area (Å²) in [6, 6.07) is 10.7. The molecule has 1 saturated heterocycles. The highest BCUT2D eigenvalue weighted by molar-refractivity contribution is 5.57. The summed E-state index contributed by atoms with van der Waals surface area (Å²) in [7, 11) is 1.82. The first-order valence-corrected chi connectivity index (χ1v) is 9.94. The minimum absolute atomic E-state index is 0.0199. The lowest BCUT2D eigenvalue weighted by Gasteiger charge is -2.32. The zero-order valence-electron chi connectivity index (χ0n) is 16.6. The molecule has 0 bridgehead atoms. The average Bonchev–Trinajstić information content (AvgIpc) is 2.75. The predicted octanol–water partition coefficient (Wildman–Crippen LogP) is 1.92. The number of hydrogen-bond donors (Lipinski definition) is 0. The van der Waals surface area contributed by atoms with Crippen molar-refractivity contribution in [2.45, 2.75) is 25.9 Å². The molecule has 1 aliphatic heterocycles. The molecule has 150 valence electrons. The molecule has 0 aliphatic carbocycles. The first kappa shape index (κ1) is 19.3. The fourth-order valence-corrected chi connectivity index (χ4v) is 3.84. The fourth-order valence-electron chi connectivity index (χ4n) is 3.84. The van der Waals surface area contributed by atoms with Crippen molar-refractivity contribution in [3.05, 3.63) is 81.5 Å². The second-order valence-electron chi connectivity index (χ2n) is 7.63. The molecular weight excluding hydrogens is 366 g/mol. The van der Waals surface area contributed by atoms with E-state index in [1.54, 1.807) is 40.0 Å². The maximum absolute atomic E-state index is 12.5. The average molecular weight is 391 g/mol. The van der Waals surface area contributed by atoms with Crippen LogP contribution in [0.1, 0.15) is 18.5 Å². The van der Waals surface area contributed by atoms with Crippen molar-refractivity contribution in [1.82, 2.24) is 24.0 Å². The molecule has 4 rings (SSSR count). The van der Waals surface area contributed by atoms with E-state index in [-0.39, 0.29) is 11.1 Å². The number of hydrogen-bond acceptors (Lipinski definition) is 5. The Labute approximate surface area is 169 Å². The van der Waals surface area contributed by atoms with Gasteiger partial charge in [0.05, 0.1) is 12.0 Å². The zero-order valence-corrected chi connectivity index (χ0v) is 16.6. The largest absolute Gasteiger partial charge is 0.314 e. The van der Waals surface area contributed by atoms with Crippen LogP contribution in [0.2, 0.25) is 0 Å². The van der Waals surface area contributed by atoms with E-state index in [4.69, 9.17) is 0 Å². The van der Waals surface area contributed by atoms with Gasteiger partial charge in [-0.1, -0.05) is 6.07 Å². The van der Waals surface area contributed by atoms with Crippen LogP contribution < -0.4 is 11.1 Å². The van der Waals surface area contributed by atoms with Crippen molar-refractivity contribution in [3.8, 4) is 11.3 Å². The van der Waals surface area contributed by atoms with Crippen LogP contribution in [0.15, 0.2) is 64.7 Å². The van der Waals surface area contributed by atoms with Gasteiger partial charge in [0, 0.05) is 55.9 Å². The smallest absolute Gasteiger partial charge is 0.253 e. The van der Waals surface area contributed by atoms with Crippen LogP contribution in [0.25, 0.3) is 11.3 Å². The molecule has 0 amide bonds. The minimum atomic E-state index is -0.0199. The molecule has 3 aromatic heterocycles. The molecule has 29 heavy (non-hydrogen) atoms. The maximum atomic E-state index is 12.5. The third-order valence-corrected chi connectivity index (χ3v) is 5.69. The van der Waals surface area contributed by atoms with Crippen LogP contribution in [-0.2, 0) is 20.1 Å². The van der Waals surface area contributed by atoms with Gasteiger partial charge in [0.1, 0.15) is 0 Å². The van der Waals surface area contributed by atoms with Gasteiger partial charge in [0.2, 0.25) is 5.56 Å². The van der Waals surface area contributed by atoms with E-state index in [1.807, 2.05) is 31.3 Å². The van der Waals surface area contributed by atoms with Crippen LogP contribution in [0.4, 0.5) is 0 Å². The van der Waals surface area contributed by atoms with Gasteiger partial charge in [-0.15, -0.1) is 0 Å². The van der Waals surface area contributed by atoms with Crippen LogP contribution in [-0.4, -0.2) is 37.1 Å². The van der Waals surface area contributed by atoms with Crippen LogP contribution in [0.3, 0.4) is 0 Å². The summed E-state index contributed by atoms with van der Waals surface area (Å²) in [6.07, 6.45) is 7.11. The Morgan fingerprint density at radius 1 is 1.03 bits per heavy atom. The molecule has 3 aromatic rings. The fraction of sp³-hybridized carbons (Fsp3) is 0.364. The van der Waals surface area contributed by atoms with E-state index < -0.39 is 0 Å². The Bertz CT molecular complexity index is 1080. The van der Waals surface area contributed by atoms with E-state index in [0.717, 1.165) is 43.7 Å². The minimum Gasteiger partial charge on any atom is -0.314 e. The quantitative estimate of drug-likeness (QED) is 0.664. The molecule has 0 N–H and O–H groups in total. The van der Waals surface area contributed by atoms with Crippen molar-refractivity contribution >= 4 is 0 Å². The topological polar surface area (TPSA) is 73.0 Å². The highest BCUT2D eigenvalue weighted by atomic mass is 16.1. The highest BCUT2D eigenvalue weighted by Crippen LogP contribution is 2.20. The van der Waals surface area contributed by atoms with Crippen molar-refractivity contribution in [1.29, 1.82) is 0 Å². The van der Waals surface area contributed by atoms with Crippen LogP contribution in [0.5, 0.6) is 0 Å². The summed E-state index contributed by atoms with van der Waals surface area (Å²) in [5.74, 6) is 0.456. The number of likely N-dealkylation sites (tertiary alicyclic amines) is 1. The first-order chi connectivity index (χ1) is 14.1. The lowest BCUT2D eigenvalue weighted by atomic mass is 9.96. The van der Waals surface area contributed by atoms with Gasteiger partial charge in [-0.25, -0.2) is 4.98 Å². The normalized spacial score (nSPS) is 15.5. The maximum Gasteiger partial charge on any atom is 0.253 e. The molecule has 0 aromatic carbocycles. The van der Waals surface area contributed by atoms with Gasteiger partial charge in [-0.2, -0.15) is 0 Å². The lowest BCUT2D eigenvalue weighted by Crippen LogP contribution is -2.37. The van der Waals surface area contributed by atoms with Gasteiger partial charge in [0.25, 0.3) is 5.56 Å². The summed E-state index contributed by atoms with van der Waals surface area (Å²) in [5, 5.41) is 0. The second kappa shape index (κ2) is 8.53. The lowest BCUT2D eigenvalue weighted by molar-refractivity contribution is 0.163. The molecule has 4 heterocycles. The van der Waals surface area contributed by atoms with Crippen LogP contribution >= 0.6 is 0 Å². The third-order valence-electron chi connectivity index (χ3n) is 5.69. The number of nitrogens with zero attached hydrogens (tertiary/aromatic N) is 5. The van der Waals surface area contributed by atoms with Crippen molar-refractivity contribution < 1.29 is 0 Å².